The van der Waals surface area contributed by atoms with Crippen LogP contribution in [0.2, 0.25) is 0 Å². The summed E-state index contributed by atoms with van der Waals surface area (Å²) in [5.74, 6) is -1.03. The zero-order valence-corrected chi connectivity index (χ0v) is 13.7. The summed E-state index contributed by atoms with van der Waals surface area (Å²) in [5, 5.41) is 0. The van der Waals surface area contributed by atoms with Crippen molar-refractivity contribution in [3.63, 3.8) is 0 Å². The molecule has 0 aromatic heterocycles. The van der Waals surface area contributed by atoms with Gasteiger partial charge < -0.3 is 4.74 Å². The number of amides is 2. The first kappa shape index (κ1) is 17.4. The molecule has 1 atom stereocenters. The third kappa shape index (κ3) is 4.06. The Morgan fingerprint density at radius 3 is 2.61 bits per heavy atom. The van der Waals surface area contributed by atoms with Gasteiger partial charge in [0.1, 0.15) is 6.10 Å². The topological polar surface area (TPSA) is 105 Å². The van der Waals surface area contributed by atoms with Gasteiger partial charge in [0.2, 0.25) is 10.0 Å². The summed E-state index contributed by atoms with van der Waals surface area (Å²) >= 11 is 0. The second-order valence-corrected chi connectivity index (χ2v) is 7.41. The zero-order valence-electron chi connectivity index (χ0n) is 12.9. The Morgan fingerprint density at radius 2 is 2.00 bits per heavy atom. The first-order chi connectivity index (χ1) is 10.8. The lowest BCUT2D eigenvalue weighted by atomic mass is 10.2. The standard InChI is InChI=1S/C14H19N3O5S/c1-17(2)23(20,21)11-6-3-5-10(9-11)13(18)15-16-14(19)12-7-4-8-22-12/h3,5-6,9,12H,4,7-8H2,1-2H3,(H,15,18)(H,16,19). The van der Waals surface area contributed by atoms with Gasteiger partial charge in [-0.3, -0.25) is 20.4 Å². The molecule has 0 bridgehead atoms. The molecule has 1 saturated heterocycles. The Kier molecular flexibility index (Phi) is 5.34. The van der Waals surface area contributed by atoms with Crippen LogP contribution in [0.3, 0.4) is 0 Å². The van der Waals surface area contributed by atoms with Gasteiger partial charge in [0.05, 0.1) is 4.90 Å². The monoisotopic (exact) mass is 341 g/mol. The summed E-state index contributed by atoms with van der Waals surface area (Å²) in [4.78, 5) is 23.8. The third-order valence-corrected chi connectivity index (χ3v) is 5.21. The molecule has 0 radical (unpaired) electrons. The summed E-state index contributed by atoms with van der Waals surface area (Å²) in [6, 6.07) is 5.58. The summed E-state index contributed by atoms with van der Waals surface area (Å²) in [7, 11) is -0.818. The van der Waals surface area contributed by atoms with Crippen molar-refractivity contribution >= 4 is 21.8 Å². The fraction of sp³-hybridized carbons (Fsp3) is 0.429. The number of rotatable bonds is 4. The number of ether oxygens (including phenoxy) is 1. The van der Waals surface area contributed by atoms with E-state index in [1.807, 2.05) is 0 Å². The predicted octanol–water partition coefficient (Wildman–Crippen LogP) is -0.123. The van der Waals surface area contributed by atoms with Gasteiger partial charge in [-0.05, 0) is 31.0 Å². The number of carbonyl (C=O) groups is 2. The van der Waals surface area contributed by atoms with E-state index in [0.717, 1.165) is 10.7 Å². The molecule has 2 rings (SSSR count). The molecule has 0 aliphatic carbocycles. The first-order valence-corrected chi connectivity index (χ1v) is 8.51. The molecule has 1 aromatic rings. The predicted molar refractivity (Wildman–Crippen MR) is 81.9 cm³/mol. The second-order valence-electron chi connectivity index (χ2n) is 5.26. The molecule has 1 fully saturated rings. The number of hydrogen-bond acceptors (Lipinski definition) is 5. The molecule has 2 N–H and O–H groups in total. The Morgan fingerprint density at radius 1 is 1.26 bits per heavy atom. The van der Waals surface area contributed by atoms with E-state index in [4.69, 9.17) is 4.74 Å². The molecule has 23 heavy (non-hydrogen) atoms. The van der Waals surface area contributed by atoms with Crippen molar-refractivity contribution in [1.82, 2.24) is 15.2 Å². The molecule has 126 valence electrons. The fourth-order valence-corrected chi connectivity index (χ4v) is 3.01. The van der Waals surface area contributed by atoms with Crippen LogP contribution in [0.1, 0.15) is 23.2 Å². The SMILES string of the molecule is CN(C)S(=O)(=O)c1cccc(C(=O)NNC(=O)C2CCCO2)c1. The van der Waals surface area contributed by atoms with E-state index >= 15 is 0 Å². The summed E-state index contributed by atoms with van der Waals surface area (Å²) in [6.07, 6.45) is 0.852. The van der Waals surface area contributed by atoms with Crippen LogP contribution < -0.4 is 10.9 Å². The Hall–Kier alpha value is -1.97. The number of nitrogens with one attached hydrogen (secondary N) is 2. The molecular weight excluding hydrogens is 322 g/mol. The highest BCUT2D eigenvalue weighted by molar-refractivity contribution is 7.89. The molecule has 1 aliphatic heterocycles. The van der Waals surface area contributed by atoms with E-state index in [1.165, 1.54) is 38.4 Å². The molecule has 1 unspecified atom stereocenters. The summed E-state index contributed by atoms with van der Waals surface area (Å²) in [6.45, 7) is 0.524. The van der Waals surface area contributed by atoms with Gasteiger partial charge in [-0.15, -0.1) is 0 Å². The van der Waals surface area contributed by atoms with Crippen LogP contribution in [0.5, 0.6) is 0 Å². The highest BCUT2D eigenvalue weighted by Gasteiger charge is 2.24. The van der Waals surface area contributed by atoms with Gasteiger partial charge in [-0.25, -0.2) is 12.7 Å². The highest BCUT2D eigenvalue weighted by atomic mass is 32.2. The maximum Gasteiger partial charge on any atom is 0.269 e. The molecule has 1 aromatic carbocycles. The maximum absolute atomic E-state index is 12.1. The number of carbonyl (C=O) groups excluding carboxylic acids is 2. The van der Waals surface area contributed by atoms with Crippen LogP contribution in [0.25, 0.3) is 0 Å². The Balaban J connectivity index is 2.04. The van der Waals surface area contributed by atoms with E-state index in [-0.39, 0.29) is 10.5 Å². The first-order valence-electron chi connectivity index (χ1n) is 7.07. The minimum absolute atomic E-state index is 0.000558. The average molecular weight is 341 g/mol. The maximum atomic E-state index is 12.1. The lowest BCUT2D eigenvalue weighted by molar-refractivity contribution is -0.130. The van der Waals surface area contributed by atoms with E-state index < -0.39 is 27.9 Å². The van der Waals surface area contributed by atoms with Crippen molar-refractivity contribution < 1.29 is 22.7 Å². The van der Waals surface area contributed by atoms with E-state index in [9.17, 15) is 18.0 Å². The van der Waals surface area contributed by atoms with Crippen LogP contribution >= 0.6 is 0 Å². The van der Waals surface area contributed by atoms with Crippen LogP contribution in [-0.2, 0) is 19.6 Å². The molecule has 1 aliphatic rings. The minimum atomic E-state index is -3.63. The quantitative estimate of drug-likeness (QED) is 0.743. The summed E-state index contributed by atoms with van der Waals surface area (Å²) in [5.41, 5.74) is 4.66. The summed E-state index contributed by atoms with van der Waals surface area (Å²) < 4.78 is 30.4. The van der Waals surface area contributed by atoms with Crippen molar-refractivity contribution in [1.29, 1.82) is 0 Å². The van der Waals surface area contributed by atoms with E-state index in [0.29, 0.717) is 13.0 Å². The van der Waals surface area contributed by atoms with E-state index in [2.05, 4.69) is 10.9 Å². The lowest BCUT2D eigenvalue weighted by Crippen LogP contribution is -2.46. The molecule has 9 heteroatoms. The third-order valence-electron chi connectivity index (χ3n) is 3.40. The number of nitrogens with zero attached hydrogens (tertiary/aromatic N) is 1. The van der Waals surface area contributed by atoms with Crippen LogP contribution in [0, 0.1) is 0 Å². The van der Waals surface area contributed by atoms with Gasteiger partial charge in [0, 0.05) is 26.3 Å². The second kappa shape index (κ2) is 7.07. The Labute approximate surface area is 134 Å². The van der Waals surface area contributed by atoms with Crippen molar-refractivity contribution in [2.45, 2.75) is 23.8 Å². The Bertz CT molecular complexity index is 696. The van der Waals surface area contributed by atoms with Gasteiger partial charge in [0.15, 0.2) is 0 Å². The lowest BCUT2D eigenvalue weighted by Gasteiger charge is -2.13. The molecule has 1 heterocycles. The van der Waals surface area contributed by atoms with Crippen molar-refractivity contribution in [3.05, 3.63) is 29.8 Å². The van der Waals surface area contributed by atoms with Crippen LogP contribution in [0.4, 0.5) is 0 Å². The minimum Gasteiger partial charge on any atom is -0.368 e. The van der Waals surface area contributed by atoms with Crippen molar-refractivity contribution in [2.75, 3.05) is 20.7 Å². The van der Waals surface area contributed by atoms with E-state index in [1.54, 1.807) is 0 Å². The van der Waals surface area contributed by atoms with Crippen LogP contribution in [0.15, 0.2) is 29.2 Å². The van der Waals surface area contributed by atoms with Gasteiger partial charge in [-0.1, -0.05) is 6.07 Å². The van der Waals surface area contributed by atoms with Crippen molar-refractivity contribution in [2.24, 2.45) is 0 Å². The molecule has 2 amide bonds. The number of sulfonamides is 1. The molecule has 0 saturated carbocycles. The van der Waals surface area contributed by atoms with Gasteiger partial charge in [-0.2, -0.15) is 0 Å². The largest absolute Gasteiger partial charge is 0.368 e. The molecule has 8 nitrogen and oxygen atoms in total. The number of benzene rings is 1. The van der Waals surface area contributed by atoms with Crippen LogP contribution in [-0.4, -0.2) is 51.3 Å². The molecule has 0 spiro atoms. The van der Waals surface area contributed by atoms with Crippen molar-refractivity contribution in [3.8, 4) is 0 Å². The number of hydrazine groups is 1. The van der Waals surface area contributed by atoms with Gasteiger partial charge in [0.25, 0.3) is 11.8 Å². The molecular formula is C14H19N3O5S. The zero-order chi connectivity index (χ0) is 17.0. The average Bonchev–Trinajstić information content (AvgIpc) is 3.06. The van der Waals surface area contributed by atoms with Gasteiger partial charge >= 0.3 is 0 Å². The normalized spacial score (nSPS) is 18.0. The highest BCUT2D eigenvalue weighted by Crippen LogP contribution is 2.15. The number of hydrogen-bond donors (Lipinski definition) is 2. The smallest absolute Gasteiger partial charge is 0.269 e. The fourth-order valence-electron chi connectivity index (χ4n) is 2.06.